The summed E-state index contributed by atoms with van der Waals surface area (Å²) in [5, 5.41) is 32.6. The fraction of sp³-hybridized carbons (Fsp3) is 0.519. The molecule has 0 aliphatic heterocycles. The van der Waals surface area contributed by atoms with Crippen LogP contribution in [0.15, 0.2) is 42.5 Å². The molecule has 0 aliphatic rings. The molecule has 0 heterocycles. The molecule has 3 atom stereocenters. The Morgan fingerprint density at radius 2 is 1.76 bits per heavy atom. The topological polar surface area (TPSA) is 99.0 Å². The Morgan fingerprint density at radius 1 is 1.09 bits per heavy atom. The van der Waals surface area contributed by atoms with Crippen molar-refractivity contribution >= 4 is 14.3 Å². The van der Waals surface area contributed by atoms with Crippen LogP contribution in [0.25, 0.3) is 0 Å². The summed E-state index contributed by atoms with van der Waals surface area (Å²) in [7, 11) is -2.09. The van der Waals surface area contributed by atoms with Crippen LogP contribution in [0.5, 0.6) is 5.75 Å². The lowest BCUT2D eigenvalue weighted by Crippen LogP contribution is -2.44. The Balaban J connectivity index is 2.18. The molecule has 2 aromatic carbocycles. The van der Waals surface area contributed by atoms with Gasteiger partial charge in [0.1, 0.15) is 5.75 Å². The molecule has 0 bridgehead atoms. The molecule has 188 valence electrons. The van der Waals surface area contributed by atoms with Gasteiger partial charge in [-0.15, -0.1) is 0 Å². The van der Waals surface area contributed by atoms with Crippen molar-refractivity contribution in [1.82, 2.24) is 5.32 Å². The lowest BCUT2D eigenvalue weighted by atomic mass is 9.97. The maximum absolute atomic E-state index is 11.3. The molecule has 0 amide bonds. The van der Waals surface area contributed by atoms with Crippen molar-refractivity contribution in [2.45, 2.75) is 83.8 Å². The van der Waals surface area contributed by atoms with Gasteiger partial charge in [-0.1, -0.05) is 51.1 Å². The number of carbonyl (C=O) groups is 1. The summed E-state index contributed by atoms with van der Waals surface area (Å²) < 4.78 is 6.75. The van der Waals surface area contributed by atoms with E-state index in [1.165, 1.54) is 0 Å². The Labute approximate surface area is 205 Å². The van der Waals surface area contributed by atoms with E-state index in [9.17, 15) is 20.1 Å². The van der Waals surface area contributed by atoms with Crippen molar-refractivity contribution in [2.24, 2.45) is 0 Å². The van der Waals surface area contributed by atoms with E-state index in [2.05, 4.69) is 46.1 Å². The molecule has 0 aromatic heterocycles. The SMILES string of the molecule is CC(C(=O)O)c1cccc(C[C@@H](C)NC[C@H](O[Si](C)(C)C(C)(C)C)c2ccc(O)c(CO)c2)c1. The predicted molar refractivity (Wildman–Crippen MR) is 139 cm³/mol. The molecule has 34 heavy (non-hydrogen) atoms. The van der Waals surface area contributed by atoms with Crippen LogP contribution in [-0.4, -0.2) is 42.2 Å². The average Bonchev–Trinajstić information content (AvgIpc) is 2.75. The molecule has 0 radical (unpaired) electrons. The van der Waals surface area contributed by atoms with E-state index in [4.69, 9.17) is 4.43 Å². The molecule has 0 saturated carbocycles. The molecular formula is C27H41NO5Si. The van der Waals surface area contributed by atoms with Gasteiger partial charge in [0.15, 0.2) is 8.32 Å². The first-order valence-corrected chi connectivity index (χ1v) is 14.8. The molecule has 0 aliphatic carbocycles. The number of carboxylic acids is 1. The van der Waals surface area contributed by atoms with Gasteiger partial charge in [-0.25, -0.2) is 0 Å². The molecule has 0 saturated heterocycles. The van der Waals surface area contributed by atoms with Crippen molar-refractivity contribution in [2.75, 3.05) is 6.54 Å². The van der Waals surface area contributed by atoms with E-state index in [-0.39, 0.29) is 29.5 Å². The van der Waals surface area contributed by atoms with Gasteiger partial charge in [0.2, 0.25) is 0 Å². The highest BCUT2D eigenvalue weighted by molar-refractivity contribution is 6.74. The quantitative estimate of drug-likeness (QED) is 0.319. The Hall–Kier alpha value is -2.19. The van der Waals surface area contributed by atoms with Crippen LogP contribution in [0.3, 0.4) is 0 Å². The van der Waals surface area contributed by atoms with Crippen LogP contribution in [-0.2, 0) is 22.2 Å². The largest absolute Gasteiger partial charge is 0.508 e. The summed E-state index contributed by atoms with van der Waals surface area (Å²) in [6, 6.07) is 13.2. The minimum absolute atomic E-state index is 0.0366. The highest BCUT2D eigenvalue weighted by Crippen LogP contribution is 2.40. The summed E-state index contributed by atoms with van der Waals surface area (Å²) in [5.41, 5.74) is 3.29. The van der Waals surface area contributed by atoms with Crippen molar-refractivity contribution < 1.29 is 24.5 Å². The maximum Gasteiger partial charge on any atom is 0.310 e. The van der Waals surface area contributed by atoms with E-state index >= 15 is 0 Å². The number of carboxylic acid groups (broad SMARTS) is 1. The second kappa shape index (κ2) is 11.5. The van der Waals surface area contributed by atoms with Gasteiger partial charge < -0.3 is 25.1 Å². The molecule has 0 fully saturated rings. The lowest BCUT2D eigenvalue weighted by molar-refractivity contribution is -0.138. The standard InChI is InChI=1S/C27H41NO5Si/c1-18(13-20-9-8-10-21(14-20)19(2)26(31)32)28-16-25(33-34(6,7)27(3,4)5)22-11-12-24(30)23(15-22)17-29/h8-12,14-15,18-19,25,28-30H,13,16-17H2,1-7H3,(H,31,32)/t18-,19?,25+/m1/s1. The number of aromatic hydroxyl groups is 1. The van der Waals surface area contributed by atoms with Gasteiger partial charge in [-0.2, -0.15) is 0 Å². The maximum atomic E-state index is 11.3. The highest BCUT2D eigenvalue weighted by Gasteiger charge is 2.39. The molecule has 1 unspecified atom stereocenters. The monoisotopic (exact) mass is 487 g/mol. The molecule has 0 spiro atoms. The van der Waals surface area contributed by atoms with E-state index in [1.807, 2.05) is 36.4 Å². The number of hydrogen-bond acceptors (Lipinski definition) is 5. The summed E-state index contributed by atoms with van der Waals surface area (Å²) in [6.07, 6.45) is 0.525. The van der Waals surface area contributed by atoms with E-state index in [0.29, 0.717) is 12.1 Å². The van der Waals surface area contributed by atoms with Crippen LogP contribution in [0.1, 0.15) is 68.9 Å². The minimum atomic E-state index is -2.09. The molecule has 2 rings (SSSR count). The molecule has 6 nitrogen and oxygen atoms in total. The highest BCUT2D eigenvalue weighted by atomic mass is 28.4. The normalized spacial score (nSPS) is 15.1. The molecule has 4 N–H and O–H groups in total. The number of nitrogens with one attached hydrogen (secondary N) is 1. The number of aliphatic hydroxyl groups excluding tert-OH is 1. The summed E-state index contributed by atoms with van der Waals surface area (Å²) in [6.45, 7) is 15.2. The molecule has 2 aromatic rings. The third kappa shape index (κ3) is 7.40. The number of benzene rings is 2. The second-order valence-corrected chi connectivity index (χ2v) is 15.5. The lowest BCUT2D eigenvalue weighted by Gasteiger charge is -2.40. The van der Waals surface area contributed by atoms with Crippen molar-refractivity contribution in [3.05, 3.63) is 64.7 Å². The van der Waals surface area contributed by atoms with Gasteiger partial charge in [0.25, 0.3) is 0 Å². The van der Waals surface area contributed by atoms with Crippen LogP contribution < -0.4 is 5.32 Å². The number of phenols is 1. The minimum Gasteiger partial charge on any atom is -0.508 e. The molecular weight excluding hydrogens is 446 g/mol. The average molecular weight is 488 g/mol. The van der Waals surface area contributed by atoms with Crippen molar-refractivity contribution in [3.8, 4) is 5.75 Å². The molecule has 7 heteroatoms. The van der Waals surface area contributed by atoms with Crippen molar-refractivity contribution in [1.29, 1.82) is 0 Å². The van der Waals surface area contributed by atoms with Gasteiger partial charge in [-0.05, 0) is 67.2 Å². The predicted octanol–water partition coefficient (Wildman–Crippen LogP) is 5.36. The van der Waals surface area contributed by atoms with E-state index < -0.39 is 20.2 Å². The van der Waals surface area contributed by atoms with Gasteiger partial charge >= 0.3 is 5.97 Å². The smallest absolute Gasteiger partial charge is 0.310 e. The summed E-state index contributed by atoms with van der Waals surface area (Å²) >= 11 is 0. The van der Waals surface area contributed by atoms with Crippen LogP contribution in [0.2, 0.25) is 18.1 Å². The zero-order chi connectivity index (χ0) is 25.7. The number of hydrogen-bond donors (Lipinski definition) is 4. The fourth-order valence-electron chi connectivity index (χ4n) is 3.56. The summed E-state index contributed by atoms with van der Waals surface area (Å²) in [5.74, 6) is -1.29. The zero-order valence-electron chi connectivity index (χ0n) is 21.6. The first-order valence-electron chi connectivity index (χ1n) is 11.9. The fourth-order valence-corrected chi connectivity index (χ4v) is 4.84. The third-order valence-corrected chi connectivity index (χ3v) is 11.4. The third-order valence-electron chi connectivity index (χ3n) is 6.90. The van der Waals surface area contributed by atoms with Gasteiger partial charge in [0.05, 0.1) is 18.6 Å². The zero-order valence-corrected chi connectivity index (χ0v) is 22.6. The van der Waals surface area contributed by atoms with Crippen LogP contribution in [0.4, 0.5) is 0 Å². The Morgan fingerprint density at radius 3 is 2.35 bits per heavy atom. The Kier molecular flexibility index (Phi) is 9.48. The van der Waals surface area contributed by atoms with Crippen molar-refractivity contribution in [3.63, 3.8) is 0 Å². The number of aliphatic hydroxyl groups is 1. The number of aliphatic carboxylic acids is 1. The summed E-state index contributed by atoms with van der Waals surface area (Å²) in [4.78, 5) is 11.3. The van der Waals surface area contributed by atoms with Crippen LogP contribution >= 0.6 is 0 Å². The Bertz CT molecular complexity index is 970. The van der Waals surface area contributed by atoms with Gasteiger partial charge in [0, 0.05) is 18.2 Å². The first-order chi connectivity index (χ1) is 15.7. The number of rotatable bonds is 11. The van der Waals surface area contributed by atoms with E-state index in [0.717, 1.165) is 23.1 Å². The van der Waals surface area contributed by atoms with Gasteiger partial charge in [-0.3, -0.25) is 4.79 Å². The van der Waals surface area contributed by atoms with E-state index in [1.54, 1.807) is 13.0 Å². The first kappa shape index (κ1) is 28.0. The van der Waals surface area contributed by atoms with Crippen LogP contribution in [0, 0.1) is 0 Å². The second-order valence-electron chi connectivity index (χ2n) is 10.7.